The van der Waals surface area contributed by atoms with Crippen LogP contribution in [0, 0.1) is 0 Å². The zero-order valence-corrected chi connectivity index (χ0v) is 9.54. The van der Waals surface area contributed by atoms with Crippen LogP contribution in [0.3, 0.4) is 0 Å². The molecular formula is C12H16O5. The third-order valence-electron chi connectivity index (χ3n) is 2.33. The van der Waals surface area contributed by atoms with E-state index in [9.17, 15) is 15.0 Å². The molecular weight excluding hydrogens is 224 g/mol. The van der Waals surface area contributed by atoms with Gasteiger partial charge in [-0.05, 0) is 18.1 Å². The van der Waals surface area contributed by atoms with E-state index < -0.39 is 18.2 Å². The third kappa shape index (κ3) is 3.52. The molecule has 0 saturated heterocycles. The maximum Gasteiger partial charge on any atom is 0.338 e. The fourth-order valence-corrected chi connectivity index (χ4v) is 1.36. The van der Waals surface area contributed by atoms with Crippen molar-refractivity contribution < 1.29 is 24.9 Å². The van der Waals surface area contributed by atoms with Crippen LogP contribution in [-0.4, -0.2) is 34.0 Å². The molecule has 0 radical (unpaired) electrons. The van der Waals surface area contributed by atoms with E-state index in [0.29, 0.717) is 11.1 Å². The zero-order valence-electron chi connectivity index (χ0n) is 9.54. The van der Waals surface area contributed by atoms with Gasteiger partial charge in [0, 0.05) is 0 Å². The summed E-state index contributed by atoms with van der Waals surface area (Å²) in [5.74, 6) is -0.855. The van der Waals surface area contributed by atoms with Crippen LogP contribution in [0.5, 0.6) is 0 Å². The Balaban J connectivity index is 2.73. The van der Waals surface area contributed by atoms with Crippen LogP contribution in [0.1, 0.15) is 24.2 Å². The number of hydrogen-bond donors (Lipinski definition) is 3. The van der Waals surface area contributed by atoms with Gasteiger partial charge >= 0.3 is 5.97 Å². The van der Waals surface area contributed by atoms with Gasteiger partial charge in [-0.25, -0.2) is 4.79 Å². The van der Waals surface area contributed by atoms with Crippen molar-refractivity contribution in [2.45, 2.75) is 25.7 Å². The van der Waals surface area contributed by atoms with Crippen LogP contribution in [0.15, 0.2) is 24.3 Å². The van der Waals surface area contributed by atoms with Crippen molar-refractivity contribution in [3.05, 3.63) is 35.4 Å². The lowest BCUT2D eigenvalue weighted by molar-refractivity contribution is -0.159. The number of aliphatic hydroxyl groups excluding tert-OH is 3. The van der Waals surface area contributed by atoms with Crippen molar-refractivity contribution in [1.29, 1.82) is 0 Å². The second kappa shape index (κ2) is 6.34. The van der Waals surface area contributed by atoms with Crippen LogP contribution in [-0.2, 0) is 16.1 Å². The molecule has 2 atom stereocenters. The summed E-state index contributed by atoms with van der Waals surface area (Å²) in [5.41, 5.74) is 1.08. The van der Waals surface area contributed by atoms with E-state index in [1.165, 1.54) is 0 Å². The highest BCUT2D eigenvalue weighted by atomic mass is 16.5. The molecule has 0 fully saturated rings. The van der Waals surface area contributed by atoms with Gasteiger partial charge in [0.05, 0.1) is 13.2 Å². The first-order valence-corrected chi connectivity index (χ1v) is 5.32. The smallest absolute Gasteiger partial charge is 0.338 e. The summed E-state index contributed by atoms with van der Waals surface area (Å²) in [6, 6.07) is 6.30. The Bertz CT molecular complexity index is 360. The number of benzene rings is 1. The Labute approximate surface area is 99.3 Å². The molecule has 0 bridgehead atoms. The van der Waals surface area contributed by atoms with E-state index in [-0.39, 0.29) is 13.2 Å². The van der Waals surface area contributed by atoms with Crippen LogP contribution < -0.4 is 0 Å². The normalized spacial score (nSPS) is 14.1. The summed E-state index contributed by atoms with van der Waals surface area (Å²) in [7, 11) is 0. The molecule has 3 N–H and O–H groups in total. The second-order valence-electron chi connectivity index (χ2n) is 3.54. The minimum atomic E-state index is -1.60. The highest BCUT2D eigenvalue weighted by Crippen LogP contribution is 2.18. The predicted molar refractivity (Wildman–Crippen MR) is 60.0 cm³/mol. The van der Waals surface area contributed by atoms with Crippen molar-refractivity contribution in [3.63, 3.8) is 0 Å². The maximum absolute atomic E-state index is 11.2. The lowest BCUT2D eigenvalue weighted by Gasteiger charge is -2.16. The molecule has 2 unspecified atom stereocenters. The standard InChI is InChI=1S/C12H16O5/c1-2-17-12(16)11(15)10(14)9-5-3-8(7-13)4-6-9/h3-6,10-11,13-15H,2,7H2,1H3. The van der Waals surface area contributed by atoms with Crippen LogP contribution in [0.2, 0.25) is 0 Å². The van der Waals surface area contributed by atoms with E-state index in [4.69, 9.17) is 5.11 Å². The summed E-state index contributed by atoms with van der Waals surface area (Å²) >= 11 is 0. The minimum absolute atomic E-state index is 0.100. The molecule has 0 amide bonds. The lowest BCUT2D eigenvalue weighted by atomic mass is 10.0. The lowest BCUT2D eigenvalue weighted by Crippen LogP contribution is -2.29. The molecule has 5 heteroatoms. The average Bonchev–Trinajstić information content (AvgIpc) is 2.37. The van der Waals surface area contributed by atoms with E-state index in [2.05, 4.69) is 4.74 Å². The van der Waals surface area contributed by atoms with E-state index in [1.54, 1.807) is 31.2 Å². The Morgan fingerprint density at radius 2 is 1.88 bits per heavy atom. The van der Waals surface area contributed by atoms with Gasteiger partial charge in [-0.3, -0.25) is 0 Å². The van der Waals surface area contributed by atoms with Gasteiger partial charge in [0.15, 0.2) is 6.10 Å². The molecule has 1 rings (SSSR count). The van der Waals surface area contributed by atoms with Gasteiger partial charge < -0.3 is 20.1 Å². The van der Waals surface area contributed by atoms with Crippen LogP contribution >= 0.6 is 0 Å². The van der Waals surface area contributed by atoms with Gasteiger partial charge in [-0.1, -0.05) is 24.3 Å². The first-order valence-electron chi connectivity index (χ1n) is 5.32. The van der Waals surface area contributed by atoms with E-state index in [1.807, 2.05) is 0 Å². The Kier molecular flexibility index (Phi) is 5.09. The van der Waals surface area contributed by atoms with Crippen molar-refractivity contribution in [1.82, 2.24) is 0 Å². The number of rotatable bonds is 5. The Morgan fingerprint density at radius 3 is 2.35 bits per heavy atom. The summed E-state index contributed by atoms with van der Waals surface area (Å²) in [5, 5.41) is 28.1. The van der Waals surface area contributed by atoms with E-state index in [0.717, 1.165) is 0 Å². The van der Waals surface area contributed by atoms with Gasteiger partial charge in [-0.2, -0.15) is 0 Å². The molecule has 17 heavy (non-hydrogen) atoms. The summed E-state index contributed by atoms with van der Waals surface area (Å²) < 4.78 is 4.60. The molecule has 0 aliphatic rings. The molecule has 0 saturated carbocycles. The summed E-state index contributed by atoms with van der Waals surface area (Å²) in [4.78, 5) is 11.2. The number of esters is 1. The van der Waals surface area contributed by atoms with Gasteiger partial charge in [0.2, 0.25) is 0 Å². The molecule has 0 aliphatic heterocycles. The number of carbonyl (C=O) groups is 1. The monoisotopic (exact) mass is 240 g/mol. The van der Waals surface area contributed by atoms with Crippen LogP contribution in [0.25, 0.3) is 0 Å². The predicted octanol–water partition coefficient (Wildman–Crippen LogP) is 0.136. The molecule has 0 heterocycles. The average molecular weight is 240 g/mol. The fraction of sp³-hybridized carbons (Fsp3) is 0.417. The number of aliphatic hydroxyl groups is 3. The molecule has 0 aromatic heterocycles. The molecule has 94 valence electrons. The maximum atomic E-state index is 11.2. The SMILES string of the molecule is CCOC(=O)C(O)C(O)c1ccc(CO)cc1. The summed E-state index contributed by atoms with van der Waals surface area (Å²) in [6.07, 6.45) is -2.93. The van der Waals surface area contributed by atoms with Gasteiger partial charge in [0.25, 0.3) is 0 Å². The molecule has 0 aliphatic carbocycles. The fourth-order valence-electron chi connectivity index (χ4n) is 1.36. The topological polar surface area (TPSA) is 87.0 Å². The number of hydrogen-bond acceptors (Lipinski definition) is 5. The molecule has 0 spiro atoms. The minimum Gasteiger partial charge on any atom is -0.464 e. The molecule has 1 aromatic carbocycles. The third-order valence-corrected chi connectivity index (χ3v) is 2.33. The first-order chi connectivity index (χ1) is 8.10. The largest absolute Gasteiger partial charge is 0.464 e. The van der Waals surface area contributed by atoms with Crippen LogP contribution in [0.4, 0.5) is 0 Å². The molecule has 5 nitrogen and oxygen atoms in total. The number of carbonyl (C=O) groups excluding carboxylic acids is 1. The van der Waals surface area contributed by atoms with Crippen molar-refractivity contribution in [2.24, 2.45) is 0 Å². The van der Waals surface area contributed by atoms with Gasteiger partial charge in [0.1, 0.15) is 6.10 Å². The first kappa shape index (κ1) is 13.6. The van der Waals surface area contributed by atoms with Crippen molar-refractivity contribution in [3.8, 4) is 0 Å². The molecule has 1 aromatic rings. The Hall–Kier alpha value is -1.43. The highest BCUT2D eigenvalue weighted by molar-refractivity contribution is 5.75. The second-order valence-corrected chi connectivity index (χ2v) is 3.54. The number of ether oxygens (including phenoxy) is 1. The quantitative estimate of drug-likeness (QED) is 0.637. The zero-order chi connectivity index (χ0) is 12.8. The van der Waals surface area contributed by atoms with Gasteiger partial charge in [-0.15, -0.1) is 0 Å². The van der Waals surface area contributed by atoms with Crippen molar-refractivity contribution >= 4 is 5.97 Å². The van der Waals surface area contributed by atoms with Crippen molar-refractivity contribution in [2.75, 3.05) is 6.61 Å². The Morgan fingerprint density at radius 1 is 1.29 bits per heavy atom. The summed E-state index contributed by atoms with van der Waals surface area (Å²) in [6.45, 7) is 1.66. The van der Waals surface area contributed by atoms with E-state index >= 15 is 0 Å². The highest BCUT2D eigenvalue weighted by Gasteiger charge is 2.26.